The van der Waals surface area contributed by atoms with Gasteiger partial charge in [0.05, 0.1) is 0 Å². The smallest absolute Gasteiger partial charge is 0.326 e. The Morgan fingerprint density at radius 3 is 2.74 bits per heavy atom. The van der Waals surface area contributed by atoms with Gasteiger partial charge >= 0.3 is 12.0 Å². The van der Waals surface area contributed by atoms with E-state index in [9.17, 15) is 9.59 Å². The highest BCUT2D eigenvalue weighted by atomic mass is 35.5. The predicted octanol–water partition coefficient (Wildman–Crippen LogP) is 2.00. The molecule has 0 spiro atoms. The average molecular weight is 283 g/mol. The van der Waals surface area contributed by atoms with Crippen LogP contribution in [0.25, 0.3) is 0 Å². The highest BCUT2D eigenvalue weighted by Gasteiger charge is 2.37. The highest BCUT2D eigenvalue weighted by Crippen LogP contribution is 2.32. The van der Waals surface area contributed by atoms with Crippen LogP contribution in [-0.4, -0.2) is 23.1 Å². The number of halogens is 1. The van der Waals surface area contributed by atoms with E-state index in [0.717, 1.165) is 18.4 Å². The summed E-state index contributed by atoms with van der Waals surface area (Å²) in [5.74, 6) is -0.921. The van der Waals surface area contributed by atoms with Crippen molar-refractivity contribution in [2.75, 3.05) is 0 Å². The van der Waals surface area contributed by atoms with Gasteiger partial charge in [0, 0.05) is 11.6 Å². The number of amides is 2. The second kappa shape index (κ2) is 5.93. The maximum absolute atomic E-state index is 11.6. The van der Waals surface area contributed by atoms with Gasteiger partial charge in [-0.2, -0.15) is 0 Å². The quantitative estimate of drug-likeness (QED) is 0.773. The van der Waals surface area contributed by atoms with E-state index in [1.165, 1.54) is 0 Å². The Balaban J connectivity index is 1.82. The SMILES string of the molecule is O=C(NCc1cccc(Cl)c1)NC(C(=O)O)C1CC1. The molecule has 0 aromatic heterocycles. The van der Waals surface area contributed by atoms with Crippen molar-refractivity contribution >= 4 is 23.6 Å². The summed E-state index contributed by atoms with van der Waals surface area (Å²) in [6, 6.07) is 5.86. The molecule has 3 N–H and O–H groups in total. The highest BCUT2D eigenvalue weighted by molar-refractivity contribution is 6.30. The molecule has 1 aromatic rings. The molecule has 0 saturated heterocycles. The fourth-order valence-electron chi connectivity index (χ4n) is 1.83. The number of aliphatic carboxylic acids is 1. The lowest BCUT2D eigenvalue weighted by molar-refractivity contribution is -0.139. The summed E-state index contributed by atoms with van der Waals surface area (Å²) >= 11 is 5.83. The van der Waals surface area contributed by atoms with E-state index in [0.29, 0.717) is 11.6 Å². The van der Waals surface area contributed by atoms with Crippen LogP contribution >= 0.6 is 11.6 Å². The number of urea groups is 1. The zero-order valence-corrected chi connectivity index (χ0v) is 11.0. The van der Waals surface area contributed by atoms with Gasteiger partial charge in [0.15, 0.2) is 0 Å². The van der Waals surface area contributed by atoms with Gasteiger partial charge in [0.1, 0.15) is 6.04 Å². The molecule has 1 aliphatic rings. The van der Waals surface area contributed by atoms with Crippen molar-refractivity contribution in [3.63, 3.8) is 0 Å². The molecule has 1 atom stereocenters. The Labute approximate surface area is 116 Å². The van der Waals surface area contributed by atoms with E-state index in [-0.39, 0.29) is 5.92 Å². The Bertz CT molecular complexity index is 489. The van der Waals surface area contributed by atoms with E-state index in [1.807, 2.05) is 6.07 Å². The predicted molar refractivity (Wildman–Crippen MR) is 71.0 cm³/mol. The molecule has 0 bridgehead atoms. The first-order valence-corrected chi connectivity index (χ1v) is 6.45. The molecule has 1 saturated carbocycles. The molecular weight excluding hydrogens is 268 g/mol. The van der Waals surface area contributed by atoms with Gasteiger partial charge in [0.25, 0.3) is 0 Å². The Hall–Kier alpha value is -1.75. The number of benzene rings is 1. The summed E-state index contributed by atoms with van der Waals surface area (Å²) in [6.45, 7) is 0.309. The molecule has 102 valence electrons. The monoisotopic (exact) mass is 282 g/mol. The summed E-state index contributed by atoms with van der Waals surface area (Å²) in [6.07, 6.45) is 1.71. The molecule has 0 radical (unpaired) electrons. The molecule has 0 heterocycles. The van der Waals surface area contributed by atoms with Crippen molar-refractivity contribution in [2.24, 2.45) is 5.92 Å². The molecule has 1 aromatic carbocycles. The maximum atomic E-state index is 11.6. The molecule has 0 aliphatic heterocycles. The van der Waals surface area contributed by atoms with Gasteiger partial charge in [-0.25, -0.2) is 9.59 Å². The number of rotatable bonds is 5. The van der Waals surface area contributed by atoms with Crippen LogP contribution in [0.3, 0.4) is 0 Å². The van der Waals surface area contributed by atoms with Crippen molar-refractivity contribution in [1.29, 1.82) is 0 Å². The van der Waals surface area contributed by atoms with Crippen LogP contribution in [0, 0.1) is 5.92 Å². The zero-order chi connectivity index (χ0) is 13.8. The van der Waals surface area contributed by atoms with Crippen molar-refractivity contribution in [1.82, 2.24) is 10.6 Å². The lowest BCUT2D eigenvalue weighted by Gasteiger charge is -2.14. The number of hydrogen-bond donors (Lipinski definition) is 3. The standard InChI is InChI=1S/C13H15ClN2O3/c14-10-3-1-2-8(6-10)7-15-13(19)16-11(12(17)18)9-4-5-9/h1-3,6,9,11H,4-5,7H2,(H,17,18)(H2,15,16,19). The molecule has 5 nitrogen and oxygen atoms in total. The molecule has 6 heteroatoms. The minimum atomic E-state index is -0.986. The van der Waals surface area contributed by atoms with Crippen LogP contribution in [0.5, 0.6) is 0 Å². The summed E-state index contributed by atoms with van der Waals surface area (Å²) in [5.41, 5.74) is 0.862. The first kappa shape index (κ1) is 13.7. The lowest BCUT2D eigenvalue weighted by Crippen LogP contribution is -2.46. The van der Waals surface area contributed by atoms with Gasteiger partial charge in [-0.1, -0.05) is 23.7 Å². The van der Waals surface area contributed by atoms with Crippen molar-refractivity contribution in [3.05, 3.63) is 34.9 Å². The Morgan fingerprint density at radius 2 is 2.16 bits per heavy atom. The second-order valence-corrected chi connectivity index (χ2v) is 5.05. The summed E-state index contributed by atoms with van der Waals surface area (Å²) in [4.78, 5) is 22.6. The van der Waals surface area contributed by atoms with Crippen molar-refractivity contribution < 1.29 is 14.7 Å². The first-order chi connectivity index (χ1) is 9.06. The van der Waals surface area contributed by atoms with E-state index in [2.05, 4.69) is 10.6 Å². The number of hydrogen-bond acceptors (Lipinski definition) is 2. The maximum Gasteiger partial charge on any atom is 0.326 e. The van der Waals surface area contributed by atoms with Gasteiger partial charge < -0.3 is 15.7 Å². The van der Waals surface area contributed by atoms with E-state index >= 15 is 0 Å². The molecule has 19 heavy (non-hydrogen) atoms. The van der Waals surface area contributed by atoms with E-state index in [1.54, 1.807) is 18.2 Å². The van der Waals surface area contributed by atoms with Gasteiger partial charge in [0.2, 0.25) is 0 Å². The molecule has 1 unspecified atom stereocenters. The van der Waals surface area contributed by atoms with Crippen LogP contribution in [0.2, 0.25) is 5.02 Å². The summed E-state index contributed by atoms with van der Waals surface area (Å²) in [7, 11) is 0. The third kappa shape index (κ3) is 4.13. The third-order valence-electron chi connectivity index (χ3n) is 2.99. The van der Waals surface area contributed by atoms with E-state index in [4.69, 9.17) is 16.7 Å². The van der Waals surface area contributed by atoms with Gasteiger partial charge in [-0.3, -0.25) is 0 Å². The van der Waals surface area contributed by atoms with Gasteiger partial charge in [-0.15, -0.1) is 0 Å². The largest absolute Gasteiger partial charge is 0.480 e. The molecular formula is C13H15ClN2O3. The number of carbonyl (C=O) groups is 2. The average Bonchev–Trinajstić information content (AvgIpc) is 3.17. The Morgan fingerprint density at radius 1 is 1.42 bits per heavy atom. The number of nitrogens with one attached hydrogen (secondary N) is 2. The van der Waals surface area contributed by atoms with Gasteiger partial charge in [-0.05, 0) is 36.5 Å². The molecule has 1 aliphatic carbocycles. The van der Waals surface area contributed by atoms with Crippen LogP contribution in [0.15, 0.2) is 24.3 Å². The first-order valence-electron chi connectivity index (χ1n) is 6.08. The fraction of sp³-hybridized carbons (Fsp3) is 0.385. The van der Waals surface area contributed by atoms with Crippen molar-refractivity contribution in [3.8, 4) is 0 Å². The molecule has 2 rings (SSSR count). The summed E-state index contributed by atoms with van der Waals surface area (Å²) < 4.78 is 0. The second-order valence-electron chi connectivity index (χ2n) is 4.61. The third-order valence-corrected chi connectivity index (χ3v) is 3.22. The zero-order valence-electron chi connectivity index (χ0n) is 10.2. The normalized spacial score (nSPS) is 15.6. The summed E-state index contributed by atoms with van der Waals surface area (Å²) in [5, 5.41) is 14.7. The number of carboxylic acids is 1. The van der Waals surface area contributed by atoms with Crippen LogP contribution in [-0.2, 0) is 11.3 Å². The van der Waals surface area contributed by atoms with Crippen LogP contribution in [0.4, 0.5) is 4.79 Å². The van der Waals surface area contributed by atoms with E-state index < -0.39 is 18.0 Å². The lowest BCUT2D eigenvalue weighted by atomic mass is 10.2. The van der Waals surface area contributed by atoms with Crippen molar-refractivity contribution in [2.45, 2.75) is 25.4 Å². The Kier molecular flexibility index (Phi) is 4.27. The molecule has 2 amide bonds. The van der Waals surface area contributed by atoms with Crippen LogP contribution in [0.1, 0.15) is 18.4 Å². The minimum absolute atomic E-state index is 0.0643. The number of carbonyl (C=O) groups excluding carboxylic acids is 1. The topological polar surface area (TPSA) is 78.4 Å². The number of carboxylic acid groups (broad SMARTS) is 1. The van der Waals surface area contributed by atoms with Crippen LogP contribution < -0.4 is 10.6 Å². The minimum Gasteiger partial charge on any atom is -0.480 e. The molecule has 1 fully saturated rings. The fourth-order valence-corrected chi connectivity index (χ4v) is 2.05.